The van der Waals surface area contributed by atoms with Crippen LogP contribution in [-0.2, 0) is 7.05 Å². The minimum Gasteiger partial charge on any atom is -0.497 e. The van der Waals surface area contributed by atoms with Gasteiger partial charge in [0, 0.05) is 25.1 Å². The summed E-state index contributed by atoms with van der Waals surface area (Å²) in [6, 6.07) is 19.6. The number of H-pyrrole nitrogens is 1. The number of ether oxygens (including phenoxy) is 1. The summed E-state index contributed by atoms with van der Waals surface area (Å²) in [7, 11) is 3.45. The van der Waals surface area contributed by atoms with Crippen LogP contribution in [0.3, 0.4) is 0 Å². The highest BCUT2D eigenvalue weighted by atomic mass is 16.5. The summed E-state index contributed by atoms with van der Waals surface area (Å²) in [5.41, 5.74) is 1.92. The van der Waals surface area contributed by atoms with Crippen LogP contribution in [0, 0.1) is 0 Å². The minimum atomic E-state index is -0.536. The lowest BCUT2D eigenvalue weighted by Gasteiger charge is -2.19. The summed E-state index contributed by atoms with van der Waals surface area (Å²) in [5.74, 6) is 0.877. The van der Waals surface area contributed by atoms with Gasteiger partial charge in [0.2, 0.25) is 0 Å². The van der Waals surface area contributed by atoms with E-state index in [9.17, 15) is 9.59 Å². The number of benzene rings is 2. The predicted molar refractivity (Wildman–Crippen MR) is 118 cm³/mol. The van der Waals surface area contributed by atoms with Gasteiger partial charge in [-0.2, -0.15) is 0 Å². The van der Waals surface area contributed by atoms with Crippen LogP contribution in [0.1, 0.15) is 27.8 Å². The number of aromatic nitrogens is 3. The lowest BCUT2D eigenvalue weighted by molar-refractivity contribution is 0.0939. The number of hydrogen-bond donors (Lipinski definition) is 2. The molecule has 0 aliphatic heterocycles. The van der Waals surface area contributed by atoms with Crippen molar-refractivity contribution in [1.29, 1.82) is 0 Å². The summed E-state index contributed by atoms with van der Waals surface area (Å²) in [4.78, 5) is 32.9. The molecule has 0 spiro atoms. The van der Waals surface area contributed by atoms with Crippen LogP contribution in [0.2, 0.25) is 0 Å². The van der Waals surface area contributed by atoms with E-state index in [0.717, 1.165) is 11.1 Å². The molecule has 1 atom stereocenters. The van der Waals surface area contributed by atoms with E-state index in [-0.39, 0.29) is 5.56 Å². The SMILES string of the molecule is COc1ccc(C(NC(=O)c2ccc(-c3ccccc3)[nH]c2=O)c2nccn2C)cc1. The molecular weight excluding hydrogens is 392 g/mol. The average Bonchev–Trinajstić information content (AvgIpc) is 3.23. The van der Waals surface area contributed by atoms with Crippen molar-refractivity contribution >= 4 is 5.91 Å². The Balaban J connectivity index is 1.65. The van der Waals surface area contributed by atoms with Crippen molar-refractivity contribution in [2.75, 3.05) is 7.11 Å². The number of rotatable bonds is 6. The van der Waals surface area contributed by atoms with E-state index in [1.165, 1.54) is 0 Å². The molecule has 0 radical (unpaired) electrons. The monoisotopic (exact) mass is 414 g/mol. The largest absolute Gasteiger partial charge is 0.497 e. The summed E-state index contributed by atoms with van der Waals surface area (Å²) in [6.45, 7) is 0. The molecule has 0 fully saturated rings. The number of nitrogens with zero attached hydrogens (tertiary/aromatic N) is 2. The fraction of sp³-hybridized carbons (Fsp3) is 0.125. The maximum atomic E-state index is 13.0. The fourth-order valence-corrected chi connectivity index (χ4v) is 3.40. The molecule has 4 rings (SSSR count). The molecule has 4 aromatic rings. The lowest BCUT2D eigenvalue weighted by atomic mass is 10.0. The van der Waals surface area contributed by atoms with Crippen molar-refractivity contribution in [3.05, 3.63) is 106 Å². The quantitative estimate of drug-likeness (QED) is 0.507. The Bertz CT molecular complexity index is 1240. The molecular formula is C24H22N4O3. The third kappa shape index (κ3) is 4.25. The summed E-state index contributed by atoms with van der Waals surface area (Å²) >= 11 is 0. The molecule has 2 aromatic heterocycles. The Morgan fingerprint density at radius 3 is 2.42 bits per heavy atom. The molecule has 1 unspecified atom stereocenters. The van der Waals surface area contributed by atoms with Crippen LogP contribution in [0.25, 0.3) is 11.3 Å². The molecule has 1 amide bonds. The van der Waals surface area contributed by atoms with Crippen molar-refractivity contribution < 1.29 is 9.53 Å². The Labute approximate surface area is 179 Å². The van der Waals surface area contributed by atoms with Gasteiger partial charge in [0.1, 0.15) is 23.2 Å². The highest BCUT2D eigenvalue weighted by Gasteiger charge is 2.23. The van der Waals surface area contributed by atoms with E-state index in [4.69, 9.17) is 4.74 Å². The minimum absolute atomic E-state index is 0.0346. The maximum Gasteiger partial charge on any atom is 0.261 e. The number of aryl methyl sites for hydroxylation is 1. The molecule has 156 valence electrons. The second-order valence-corrected chi connectivity index (χ2v) is 7.06. The Morgan fingerprint density at radius 2 is 1.81 bits per heavy atom. The first kappa shape index (κ1) is 20.2. The van der Waals surface area contributed by atoms with Gasteiger partial charge in [-0.25, -0.2) is 4.98 Å². The second kappa shape index (κ2) is 8.71. The van der Waals surface area contributed by atoms with Crippen molar-refractivity contribution in [3.8, 4) is 17.0 Å². The van der Waals surface area contributed by atoms with Gasteiger partial charge in [0.05, 0.1) is 7.11 Å². The maximum absolute atomic E-state index is 13.0. The van der Waals surface area contributed by atoms with Crippen molar-refractivity contribution in [1.82, 2.24) is 19.9 Å². The first-order valence-electron chi connectivity index (χ1n) is 9.77. The molecule has 0 bridgehead atoms. The van der Waals surface area contributed by atoms with E-state index in [0.29, 0.717) is 17.3 Å². The van der Waals surface area contributed by atoms with E-state index in [1.54, 1.807) is 31.6 Å². The number of nitrogens with one attached hydrogen (secondary N) is 2. The standard InChI is InChI=1S/C24H22N4O3/c1-28-15-14-25-22(28)21(17-8-10-18(31-2)11-9-17)27-24(30)19-12-13-20(26-23(19)29)16-6-4-3-5-7-16/h3-15,21H,1-2H3,(H,26,29)(H,27,30). The number of carbonyl (C=O) groups excluding carboxylic acids is 1. The van der Waals surface area contributed by atoms with Gasteiger partial charge in [0.15, 0.2) is 0 Å². The number of pyridine rings is 1. The zero-order valence-corrected chi connectivity index (χ0v) is 17.2. The van der Waals surface area contributed by atoms with Crippen LogP contribution in [-0.4, -0.2) is 27.6 Å². The summed E-state index contributed by atoms with van der Waals surface area (Å²) < 4.78 is 7.05. The van der Waals surface area contributed by atoms with Gasteiger partial charge in [-0.3, -0.25) is 9.59 Å². The zero-order chi connectivity index (χ0) is 21.8. The van der Waals surface area contributed by atoms with Crippen LogP contribution < -0.4 is 15.6 Å². The molecule has 7 heteroatoms. The van der Waals surface area contributed by atoms with Gasteiger partial charge >= 0.3 is 0 Å². The fourth-order valence-electron chi connectivity index (χ4n) is 3.40. The number of carbonyl (C=O) groups is 1. The highest BCUT2D eigenvalue weighted by molar-refractivity contribution is 5.94. The van der Waals surface area contributed by atoms with E-state index < -0.39 is 17.5 Å². The molecule has 31 heavy (non-hydrogen) atoms. The molecule has 2 heterocycles. The molecule has 0 aliphatic rings. The lowest BCUT2D eigenvalue weighted by Crippen LogP contribution is -2.34. The van der Waals surface area contributed by atoms with Crippen molar-refractivity contribution in [2.45, 2.75) is 6.04 Å². The van der Waals surface area contributed by atoms with Crippen LogP contribution in [0.4, 0.5) is 0 Å². The molecule has 7 nitrogen and oxygen atoms in total. The second-order valence-electron chi connectivity index (χ2n) is 7.06. The number of imidazole rings is 1. The summed E-state index contributed by atoms with van der Waals surface area (Å²) in [6.07, 6.45) is 3.47. The van der Waals surface area contributed by atoms with Crippen LogP contribution in [0.5, 0.6) is 5.75 Å². The number of amides is 1. The molecule has 0 saturated heterocycles. The third-order valence-electron chi connectivity index (χ3n) is 5.08. The van der Waals surface area contributed by atoms with Crippen LogP contribution >= 0.6 is 0 Å². The molecule has 2 aromatic carbocycles. The topological polar surface area (TPSA) is 89.0 Å². The first-order valence-corrected chi connectivity index (χ1v) is 9.77. The first-order chi connectivity index (χ1) is 15.1. The zero-order valence-electron chi connectivity index (χ0n) is 17.2. The number of hydrogen-bond acceptors (Lipinski definition) is 4. The normalized spacial score (nSPS) is 11.7. The molecule has 0 aliphatic carbocycles. The highest BCUT2D eigenvalue weighted by Crippen LogP contribution is 2.23. The Morgan fingerprint density at radius 1 is 1.06 bits per heavy atom. The van der Waals surface area contributed by atoms with Gasteiger partial charge in [0.25, 0.3) is 11.5 Å². The van der Waals surface area contributed by atoms with E-state index in [1.807, 2.05) is 66.2 Å². The predicted octanol–water partition coefficient (Wildman–Crippen LogP) is 3.30. The van der Waals surface area contributed by atoms with Crippen molar-refractivity contribution in [2.24, 2.45) is 7.05 Å². The van der Waals surface area contributed by atoms with Gasteiger partial charge in [-0.1, -0.05) is 42.5 Å². The third-order valence-corrected chi connectivity index (χ3v) is 5.08. The molecule has 2 N–H and O–H groups in total. The number of aromatic amines is 1. The smallest absolute Gasteiger partial charge is 0.261 e. The average molecular weight is 414 g/mol. The number of methoxy groups -OCH3 is 1. The van der Waals surface area contributed by atoms with Gasteiger partial charge in [-0.15, -0.1) is 0 Å². The Kier molecular flexibility index (Phi) is 5.66. The summed E-state index contributed by atoms with van der Waals surface area (Å²) in [5, 5.41) is 2.95. The van der Waals surface area contributed by atoms with Crippen molar-refractivity contribution in [3.63, 3.8) is 0 Å². The molecule has 0 saturated carbocycles. The van der Waals surface area contributed by atoms with Crippen LogP contribution in [0.15, 0.2) is 83.9 Å². The van der Waals surface area contributed by atoms with Gasteiger partial charge in [-0.05, 0) is 35.4 Å². The van der Waals surface area contributed by atoms with E-state index >= 15 is 0 Å². The van der Waals surface area contributed by atoms with E-state index in [2.05, 4.69) is 15.3 Å². The Hall–Kier alpha value is -4.13. The van der Waals surface area contributed by atoms with Gasteiger partial charge < -0.3 is 19.6 Å².